The number of aromatic nitrogens is 2. The summed E-state index contributed by atoms with van der Waals surface area (Å²) in [7, 11) is 0. The largest absolute Gasteiger partial charge is 0.416 e. The van der Waals surface area contributed by atoms with Crippen molar-refractivity contribution in [2.75, 3.05) is 5.32 Å². The standard InChI is InChI=1S/C19H12F6N4O3/c20-18(21,22)9-5-10(19(23,24)25)7-11(6-9)27-14(30)8-29-17(32)13-4-2-1-3-12(13)15(28-29)16(26)31/h1-7H,8H2,(H2,26,31)(H,27,30). The van der Waals surface area contributed by atoms with E-state index in [1.807, 2.05) is 5.32 Å². The Morgan fingerprint density at radius 2 is 1.47 bits per heavy atom. The van der Waals surface area contributed by atoms with E-state index in [0.717, 1.165) is 0 Å². The number of alkyl halides is 6. The van der Waals surface area contributed by atoms with Gasteiger partial charge in [-0.05, 0) is 24.3 Å². The number of carbonyl (C=O) groups excluding carboxylic acids is 2. The molecule has 2 amide bonds. The van der Waals surface area contributed by atoms with E-state index in [9.17, 15) is 40.7 Å². The predicted octanol–water partition coefficient (Wildman–Crippen LogP) is 3.17. The highest BCUT2D eigenvalue weighted by Gasteiger charge is 2.37. The molecule has 32 heavy (non-hydrogen) atoms. The molecule has 3 aromatic rings. The molecule has 0 bridgehead atoms. The van der Waals surface area contributed by atoms with Crippen molar-refractivity contribution in [2.24, 2.45) is 5.73 Å². The molecule has 0 spiro atoms. The van der Waals surface area contributed by atoms with Crippen LogP contribution >= 0.6 is 0 Å². The molecule has 0 unspecified atom stereocenters. The Hall–Kier alpha value is -3.90. The molecule has 0 aliphatic rings. The second-order valence-corrected chi connectivity index (χ2v) is 6.56. The van der Waals surface area contributed by atoms with Gasteiger partial charge in [0.15, 0.2) is 5.69 Å². The fraction of sp³-hybridized carbons (Fsp3) is 0.158. The summed E-state index contributed by atoms with van der Waals surface area (Å²) in [5.74, 6) is -2.17. The van der Waals surface area contributed by atoms with Gasteiger partial charge >= 0.3 is 12.4 Å². The molecule has 3 N–H and O–H groups in total. The van der Waals surface area contributed by atoms with Crippen LogP contribution in [0.1, 0.15) is 21.6 Å². The highest BCUT2D eigenvalue weighted by molar-refractivity contribution is 6.04. The molecule has 168 valence electrons. The minimum Gasteiger partial charge on any atom is -0.364 e. The van der Waals surface area contributed by atoms with Crippen molar-refractivity contribution in [3.8, 4) is 0 Å². The van der Waals surface area contributed by atoms with Gasteiger partial charge in [-0.25, -0.2) is 4.68 Å². The van der Waals surface area contributed by atoms with Crippen LogP contribution in [0.2, 0.25) is 0 Å². The first-order chi connectivity index (χ1) is 14.8. The Morgan fingerprint density at radius 3 is 1.97 bits per heavy atom. The van der Waals surface area contributed by atoms with Crippen molar-refractivity contribution >= 4 is 28.3 Å². The molecule has 0 saturated heterocycles. The number of nitrogens with two attached hydrogens (primary N) is 1. The highest BCUT2D eigenvalue weighted by atomic mass is 19.4. The van der Waals surface area contributed by atoms with E-state index in [2.05, 4.69) is 5.10 Å². The maximum Gasteiger partial charge on any atom is 0.416 e. The topological polar surface area (TPSA) is 107 Å². The van der Waals surface area contributed by atoms with E-state index in [4.69, 9.17) is 5.73 Å². The Kier molecular flexibility index (Phi) is 5.68. The summed E-state index contributed by atoms with van der Waals surface area (Å²) in [5.41, 5.74) is 0.0362. The zero-order valence-electron chi connectivity index (χ0n) is 15.7. The average Bonchev–Trinajstić information content (AvgIpc) is 2.68. The number of benzene rings is 2. The molecule has 0 radical (unpaired) electrons. The van der Waals surface area contributed by atoms with Crippen LogP contribution in [0.25, 0.3) is 10.8 Å². The summed E-state index contributed by atoms with van der Waals surface area (Å²) in [6.45, 7) is -0.901. The van der Waals surface area contributed by atoms with Gasteiger partial charge in [-0.1, -0.05) is 18.2 Å². The summed E-state index contributed by atoms with van der Waals surface area (Å²) in [6, 6.07) is 6.26. The SMILES string of the molecule is NC(=O)c1nn(CC(=O)Nc2cc(C(F)(F)F)cc(C(F)(F)F)c2)c(=O)c2ccccc12. The summed E-state index contributed by atoms with van der Waals surface area (Å²) in [6.07, 6.45) is -10.2. The lowest BCUT2D eigenvalue weighted by atomic mass is 10.1. The second-order valence-electron chi connectivity index (χ2n) is 6.56. The first-order valence-electron chi connectivity index (χ1n) is 8.66. The van der Waals surface area contributed by atoms with Gasteiger partial charge in [0.25, 0.3) is 11.5 Å². The van der Waals surface area contributed by atoms with Crippen LogP contribution in [0.3, 0.4) is 0 Å². The van der Waals surface area contributed by atoms with Crippen molar-refractivity contribution in [1.29, 1.82) is 0 Å². The Morgan fingerprint density at radius 1 is 0.938 bits per heavy atom. The van der Waals surface area contributed by atoms with E-state index in [1.165, 1.54) is 24.3 Å². The van der Waals surface area contributed by atoms with Crippen LogP contribution in [-0.2, 0) is 23.7 Å². The average molecular weight is 458 g/mol. The van der Waals surface area contributed by atoms with E-state index in [0.29, 0.717) is 16.8 Å². The molecule has 0 saturated carbocycles. The second kappa shape index (κ2) is 7.98. The van der Waals surface area contributed by atoms with Crippen LogP contribution in [0.5, 0.6) is 0 Å². The molecule has 3 rings (SSSR count). The van der Waals surface area contributed by atoms with Crippen molar-refractivity contribution in [3.05, 3.63) is 69.6 Å². The minimum atomic E-state index is -5.10. The van der Waals surface area contributed by atoms with E-state index < -0.39 is 53.1 Å². The molecule has 1 aromatic heterocycles. The lowest BCUT2D eigenvalue weighted by molar-refractivity contribution is -0.143. The number of fused-ring (bicyclic) bond motifs is 1. The van der Waals surface area contributed by atoms with Gasteiger partial charge in [0, 0.05) is 11.1 Å². The Bertz CT molecular complexity index is 1250. The number of nitrogens with one attached hydrogen (secondary N) is 1. The number of halogens is 6. The van der Waals surface area contributed by atoms with Gasteiger partial charge in [0.2, 0.25) is 5.91 Å². The number of amides is 2. The van der Waals surface area contributed by atoms with Crippen LogP contribution < -0.4 is 16.6 Å². The monoisotopic (exact) mass is 458 g/mol. The van der Waals surface area contributed by atoms with Gasteiger partial charge in [-0.15, -0.1) is 0 Å². The summed E-state index contributed by atoms with van der Waals surface area (Å²) in [5, 5.41) is 5.70. The first kappa shape index (κ1) is 22.8. The van der Waals surface area contributed by atoms with Gasteiger partial charge in [-0.2, -0.15) is 31.4 Å². The van der Waals surface area contributed by atoms with Crippen LogP contribution in [0.15, 0.2) is 47.3 Å². The molecule has 1 heterocycles. The number of hydrogen-bond donors (Lipinski definition) is 2. The highest BCUT2D eigenvalue weighted by Crippen LogP contribution is 2.37. The van der Waals surface area contributed by atoms with Gasteiger partial charge < -0.3 is 11.1 Å². The maximum atomic E-state index is 13.0. The van der Waals surface area contributed by atoms with Crippen LogP contribution in [0.4, 0.5) is 32.0 Å². The molecule has 0 aliphatic carbocycles. The predicted molar refractivity (Wildman–Crippen MR) is 99.6 cm³/mol. The van der Waals surface area contributed by atoms with E-state index >= 15 is 0 Å². The minimum absolute atomic E-state index is 0.0115. The lowest BCUT2D eigenvalue weighted by Crippen LogP contribution is -2.32. The zero-order chi connectivity index (χ0) is 23.8. The fourth-order valence-corrected chi connectivity index (χ4v) is 2.89. The normalized spacial score (nSPS) is 12.1. The zero-order valence-corrected chi connectivity index (χ0v) is 15.7. The molecular weight excluding hydrogens is 446 g/mol. The van der Waals surface area contributed by atoms with Crippen molar-refractivity contribution in [3.63, 3.8) is 0 Å². The molecule has 13 heteroatoms. The third-order valence-electron chi connectivity index (χ3n) is 4.27. The van der Waals surface area contributed by atoms with Crippen LogP contribution in [-0.4, -0.2) is 21.6 Å². The van der Waals surface area contributed by atoms with Crippen molar-refractivity contribution in [2.45, 2.75) is 18.9 Å². The number of nitrogens with zero attached hydrogens (tertiary/aromatic N) is 2. The molecule has 0 fully saturated rings. The number of rotatable bonds is 4. The Labute approximate surface area is 174 Å². The summed E-state index contributed by atoms with van der Waals surface area (Å²) < 4.78 is 78.3. The maximum absolute atomic E-state index is 13.0. The molecular formula is C19H12F6N4O3. The van der Waals surface area contributed by atoms with Gasteiger partial charge in [0.05, 0.1) is 16.5 Å². The van der Waals surface area contributed by atoms with Crippen LogP contribution in [0, 0.1) is 0 Å². The van der Waals surface area contributed by atoms with Crippen molar-refractivity contribution in [1.82, 2.24) is 9.78 Å². The molecule has 7 nitrogen and oxygen atoms in total. The van der Waals surface area contributed by atoms with Gasteiger partial charge in [0.1, 0.15) is 6.54 Å². The number of hydrogen-bond acceptors (Lipinski definition) is 4. The number of carbonyl (C=O) groups is 2. The smallest absolute Gasteiger partial charge is 0.364 e. The summed E-state index contributed by atoms with van der Waals surface area (Å²) in [4.78, 5) is 36.5. The fourth-order valence-electron chi connectivity index (χ4n) is 2.89. The van der Waals surface area contributed by atoms with E-state index in [-0.39, 0.29) is 22.5 Å². The van der Waals surface area contributed by atoms with E-state index in [1.54, 1.807) is 0 Å². The quantitative estimate of drug-likeness (QED) is 0.586. The molecule has 0 atom stereocenters. The third-order valence-corrected chi connectivity index (χ3v) is 4.27. The third kappa shape index (κ3) is 4.71. The molecule has 0 aliphatic heterocycles. The Balaban J connectivity index is 1.98. The lowest BCUT2D eigenvalue weighted by Gasteiger charge is -2.15. The molecule has 2 aromatic carbocycles. The van der Waals surface area contributed by atoms with Crippen molar-refractivity contribution < 1.29 is 35.9 Å². The number of anilines is 1. The van der Waals surface area contributed by atoms with Gasteiger partial charge in [-0.3, -0.25) is 14.4 Å². The first-order valence-corrected chi connectivity index (χ1v) is 8.66. The summed E-state index contributed by atoms with van der Waals surface area (Å²) >= 11 is 0. The number of primary amides is 1.